The van der Waals surface area contributed by atoms with Crippen LogP contribution in [0, 0.1) is 18.3 Å². The third-order valence-corrected chi connectivity index (χ3v) is 2.93. The normalized spacial score (nSPS) is 10.2. The van der Waals surface area contributed by atoms with E-state index >= 15 is 0 Å². The van der Waals surface area contributed by atoms with Crippen LogP contribution < -0.4 is 5.32 Å². The molecule has 2 rings (SSSR count). The van der Waals surface area contributed by atoms with Gasteiger partial charge in [-0.3, -0.25) is 0 Å². The average molecular weight is 233 g/mol. The lowest BCUT2D eigenvalue weighted by atomic mass is 10.4. The Labute approximate surface area is 97.5 Å². The third kappa shape index (κ3) is 2.69. The summed E-state index contributed by atoms with van der Waals surface area (Å²) < 4.78 is 5.24. The molecule has 0 aliphatic heterocycles. The van der Waals surface area contributed by atoms with Crippen LogP contribution in [0.2, 0.25) is 0 Å². The van der Waals surface area contributed by atoms with Gasteiger partial charge in [0.05, 0.1) is 6.54 Å². The molecular formula is C11H11N3OS. The van der Waals surface area contributed by atoms with E-state index in [0.717, 1.165) is 17.3 Å². The Hall–Kier alpha value is -1.64. The smallest absolute Gasteiger partial charge is 0.203 e. The van der Waals surface area contributed by atoms with Crippen molar-refractivity contribution >= 4 is 11.3 Å². The second kappa shape index (κ2) is 4.92. The summed E-state index contributed by atoms with van der Waals surface area (Å²) in [6.45, 7) is 3.37. The van der Waals surface area contributed by atoms with E-state index in [1.165, 1.54) is 4.88 Å². The lowest BCUT2D eigenvalue weighted by molar-refractivity contribution is 0.473. The van der Waals surface area contributed by atoms with Crippen LogP contribution in [-0.4, -0.2) is 4.98 Å². The second-order valence-electron chi connectivity index (χ2n) is 3.35. The minimum absolute atomic E-state index is 0.349. The predicted octanol–water partition coefficient (Wildman–Crippen LogP) is 2.21. The van der Waals surface area contributed by atoms with Gasteiger partial charge in [0.15, 0.2) is 0 Å². The molecule has 2 aromatic rings. The van der Waals surface area contributed by atoms with Crippen LogP contribution in [0.5, 0.6) is 0 Å². The summed E-state index contributed by atoms with van der Waals surface area (Å²) in [6, 6.07) is 5.43. The maximum atomic E-state index is 8.58. The van der Waals surface area contributed by atoms with Gasteiger partial charge in [-0.2, -0.15) is 5.26 Å². The molecule has 4 nitrogen and oxygen atoms in total. The zero-order chi connectivity index (χ0) is 11.4. The number of thiazole rings is 1. The van der Waals surface area contributed by atoms with Crippen LogP contribution in [0.15, 0.2) is 22.7 Å². The summed E-state index contributed by atoms with van der Waals surface area (Å²) in [7, 11) is 0. The van der Waals surface area contributed by atoms with Gasteiger partial charge < -0.3 is 9.73 Å². The summed E-state index contributed by atoms with van der Waals surface area (Å²) in [4.78, 5) is 5.45. The first-order valence-corrected chi connectivity index (χ1v) is 5.70. The van der Waals surface area contributed by atoms with E-state index in [9.17, 15) is 0 Å². The van der Waals surface area contributed by atoms with E-state index < -0.39 is 0 Å². The molecule has 0 amide bonds. The van der Waals surface area contributed by atoms with Gasteiger partial charge in [-0.25, -0.2) is 4.98 Å². The maximum absolute atomic E-state index is 8.58. The molecule has 1 N–H and O–H groups in total. The third-order valence-electron chi connectivity index (χ3n) is 2.02. The van der Waals surface area contributed by atoms with Crippen LogP contribution in [0.3, 0.4) is 0 Å². The molecule has 0 radical (unpaired) electrons. The van der Waals surface area contributed by atoms with Crippen molar-refractivity contribution in [2.75, 3.05) is 0 Å². The molecule has 2 heterocycles. The summed E-state index contributed by atoms with van der Waals surface area (Å²) in [6.07, 6.45) is 1.86. The minimum atomic E-state index is 0.349. The maximum Gasteiger partial charge on any atom is 0.203 e. The first kappa shape index (κ1) is 10.9. The van der Waals surface area contributed by atoms with E-state index in [1.807, 2.05) is 19.2 Å². The molecular weight excluding hydrogens is 222 g/mol. The first-order valence-electron chi connectivity index (χ1n) is 4.89. The van der Waals surface area contributed by atoms with E-state index in [0.29, 0.717) is 12.3 Å². The quantitative estimate of drug-likeness (QED) is 0.879. The molecule has 0 unspecified atom stereocenters. The summed E-state index contributed by atoms with van der Waals surface area (Å²) >= 11 is 1.68. The van der Waals surface area contributed by atoms with Gasteiger partial charge in [0.1, 0.15) is 16.8 Å². The van der Waals surface area contributed by atoms with Gasteiger partial charge in [-0.15, -0.1) is 11.3 Å². The van der Waals surface area contributed by atoms with Crippen LogP contribution in [0.4, 0.5) is 0 Å². The largest absolute Gasteiger partial charge is 0.449 e. The standard InChI is InChI=1S/C11H11N3OS/c1-8-5-14-11(16-8)7-13-6-10-3-2-9(4-12)15-10/h2-3,5,13H,6-7H2,1H3. The topological polar surface area (TPSA) is 61.9 Å². The van der Waals surface area contributed by atoms with Crippen molar-refractivity contribution in [1.82, 2.24) is 10.3 Å². The highest BCUT2D eigenvalue weighted by Crippen LogP contribution is 2.11. The highest BCUT2D eigenvalue weighted by Gasteiger charge is 2.02. The zero-order valence-electron chi connectivity index (χ0n) is 8.86. The summed E-state index contributed by atoms with van der Waals surface area (Å²) in [5.74, 6) is 1.12. The molecule has 0 atom stereocenters. The fourth-order valence-electron chi connectivity index (χ4n) is 1.31. The van der Waals surface area contributed by atoms with Crippen molar-refractivity contribution in [2.24, 2.45) is 0 Å². The minimum Gasteiger partial charge on any atom is -0.449 e. The molecule has 0 aliphatic rings. The molecule has 2 aromatic heterocycles. The van der Waals surface area contributed by atoms with Crippen LogP contribution in [-0.2, 0) is 13.1 Å². The molecule has 16 heavy (non-hydrogen) atoms. The molecule has 82 valence electrons. The highest BCUT2D eigenvalue weighted by atomic mass is 32.1. The van der Waals surface area contributed by atoms with E-state index in [4.69, 9.17) is 9.68 Å². The predicted molar refractivity (Wildman–Crippen MR) is 60.8 cm³/mol. The average Bonchev–Trinajstić information content (AvgIpc) is 2.88. The van der Waals surface area contributed by atoms with Crippen molar-refractivity contribution in [3.63, 3.8) is 0 Å². The SMILES string of the molecule is Cc1cnc(CNCc2ccc(C#N)o2)s1. The Morgan fingerprint density at radius 2 is 2.38 bits per heavy atom. The van der Waals surface area contributed by atoms with Gasteiger partial charge >= 0.3 is 0 Å². The zero-order valence-corrected chi connectivity index (χ0v) is 9.67. The number of hydrogen-bond donors (Lipinski definition) is 1. The van der Waals surface area contributed by atoms with E-state index in [2.05, 4.69) is 10.3 Å². The highest BCUT2D eigenvalue weighted by molar-refractivity contribution is 7.11. The first-order chi connectivity index (χ1) is 7.78. The number of rotatable bonds is 4. The van der Waals surface area contributed by atoms with Gasteiger partial charge in [0, 0.05) is 17.6 Å². The number of hydrogen-bond acceptors (Lipinski definition) is 5. The fraction of sp³-hybridized carbons (Fsp3) is 0.273. The lowest BCUT2D eigenvalue weighted by Crippen LogP contribution is -2.11. The molecule has 0 fully saturated rings. The van der Waals surface area contributed by atoms with Gasteiger partial charge in [-0.05, 0) is 19.1 Å². The molecule has 0 bridgehead atoms. The molecule has 0 aliphatic carbocycles. The number of aryl methyl sites for hydroxylation is 1. The lowest BCUT2D eigenvalue weighted by Gasteiger charge is -1.98. The Morgan fingerprint density at radius 3 is 3.00 bits per heavy atom. The monoisotopic (exact) mass is 233 g/mol. The number of nitriles is 1. The molecule has 5 heteroatoms. The fourth-order valence-corrected chi connectivity index (χ4v) is 2.07. The second-order valence-corrected chi connectivity index (χ2v) is 4.67. The van der Waals surface area contributed by atoms with Gasteiger partial charge in [0.2, 0.25) is 5.76 Å². The summed E-state index contributed by atoms with van der Waals surface area (Å²) in [5.41, 5.74) is 0. The Kier molecular flexibility index (Phi) is 3.34. The summed E-state index contributed by atoms with van der Waals surface area (Å²) in [5, 5.41) is 12.9. The number of nitrogens with one attached hydrogen (secondary N) is 1. The van der Waals surface area contributed by atoms with Crippen LogP contribution in [0.25, 0.3) is 0 Å². The van der Waals surface area contributed by atoms with Crippen molar-refractivity contribution in [1.29, 1.82) is 5.26 Å². The van der Waals surface area contributed by atoms with E-state index in [-0.39, 0.29) is 0 Å². The number of furan rings is 1. The Morgan fingerprint density at radius 1 is 1.50 bits per heavy atom. The van der Waals surface area contributed by atoms with Crippen LogP contribution in [0.1, 0.15) is 21.4 Å². The van der Waals surface area contributed by atoms with Crippen molar-refractivity contribution < 1.29 is 4.42 Å². The van der Waals surface area contributed by atoms with Crippen molar-refractivity contribution in [3.8, 4) is 6.07 Å². The van der Waals surface area contributed by atoms with E-state index in [1.54, 1.807) is 23.5 Å². The molecule has 0 aromatic carbocycles. The Balaban J connectivity index is 1.82. The molecule has 0 saturated carbocycles. The van der Waals surface area contributed by atoms with Gasteiger partial charge in [-0.1, -0.05) is 0 Å². The number of nitrogens with zero attached hydrogens (tertiary/aromatic N) is 2. The molecule has 0 saturated heterocycles. The van der Waals surface area contributed by atoms with Crippen LogP contribution >= 0.6 is 11.3 Å². The van der Waals surface area contributed by atoms with Gasteiger partial charge in [0.25, 0.3) is 0 Å². The van der Waals surface area contributed by atoms with Crippen molar-refractivity contribution in [3.05, 3.63) is 39.7 Å². The Bertz CT molecular complexity index is 509. The number of aromatic nitrogens is 1. The molecule has 0 spiro atoms. The van der Waals surface area contributed by atoms with Crippen molar-refractivity contribution in [2.45, 2.75) is 20.0 Å².